The highest BCUT2D eigenvalue weighted by molar-refractivity contribution is 6.32. The van der Waals surface area contributed by atoms with Gasteiger partial charge in [0.15, 0.2) is 0 Å². The van der Waals surface area contributed by atoms with E-state index in [1.165, 1.54) is 25.3 Å². The summed E-state index contributed by atoms with van der Waals surface area (Å²) >= 11 is 11.8. The molecule has 0 aliphatic rings. The fraction of sp³-hybridized carbons (Fsp3) is 0.133. The van der Waals surface area contributed by atoms with E-state index in [0.29, 0.717) is 21.5 Å². The number of methoxy groups -OCH3 is 1. The molecule has 0 spiro atoms. The molecular formula is C15H13Cl2NO3. The lowest BCUT2D eigenvalue weighted by Crippen LogP contribution is -2.13. The van der Waals surface area contributed by atoms with Crippen molar-refractivity contribution in [3.63, 3.8) is 0 Å². The summed E-state index contributed by atoms with van der Waals surface area (Å²) in [6.07, 6.45) is 0. The number of phenolic OH excluding ortho intramolecular Hbond substituents is 1. The number of nitrogens with one attached hydrogen (secondary N) is 1. The number of hydrogen-bond donors (Lipinski definition) is 2. The number of benzene rings is 2. The van der Waals surface area contributed by atoms with E-state index in [2.05, 4.69) is 5.32 Å². The van der Waals surface area contributed by atoms with Crippen LogP contribution in [0.15, 0.2) is 30.3 Å². The maximum absolute atomic E-state index is 12.2. The van der Waals surface area contributed by atoms with Gasteiger partial charge in [-0.2, -0.15) is 0 Å². The number of carbonyl (C=O) groups is 1. The Labute approximate surface area is 132 Å². The molecule has 0 aliphatic heterocycles. The Kier molecular flexibility index (Phi) is 4.60. The molecule has 0 bridgehead atoms. The molecule has 0 saturated carbocycles. The lowest BCUT2D eigenvalue weighted by atomic mass is 10.1. The van der Waals surface area contributed by atoms with Gasteiger partial charge in [0.05, 0.1) is 18.4 Å². The number of carbonyl (C=O) groups excluding carboxylic acids is 1. The number of rotatable bonds is 3. The topological polar surface area (TPSA) is 58.6 Å². The molecule has 6 heteroatoms. The monoisotopic (exact) mass is 325 g/mol. The summed E-state index contributed by atoms with van der Waals surface area (Å²) in [5.74, 6) is -0.211. The van der Waals surface area contributed by atoms with Gasteiger partial charge in [-0.15, -0.1) is 0 Å². The quantitative estimate of drug-likeness (QED) is 0.886. The summed E-state index contributed by atoms with van der Waals surface area (Å²) in [7, 11) is 1.48. The largest absolute Gasteiger partial charge is 0.507 e. The van der Waals surface area contributed by atoms with Crippen molar-refractivity contribution in [2.24, 2.45) is 0 Å². The minimum absolute atomic E-state index is 0.0807. The van der Waals surface area contributed by atoms with Gasteiger partial charge in [0.25, 0.3) is 5.91 Å². The predicted molar refractivity (Wildman–Crippen MR) is 83.8 cm³/mol. The second kappa shape index (κ2) is 6.24. The second-order valence-electron chi connectivity index (χ2n) is 4.42. The van der Waals surface area contributed by atoms with Gasteiger partial charge in [-0.3, -0.25) is 4.79 Å². The predicted octanol–water partition coefficient (Wildman–Crippen LogP) is 4.27. The number of hydrogen-bond acceptors (Lipinski definition) is 3. The minimum atomic E-state index is -0.491. The Morgan fingerprint density at radius 1 is 1.24 bits per heavy atom. The van der Waals surface area contributed by atoms with E-state index in [1.54, 1.807) is 12.1 Å². The number of aryl methyl sites for hydroxylation is 1. The van der Waals surface area contributed by atoms with Crippen LogP contribution >= 0.6 is 23.2 Å². The van der Waals surface area contributed by atoms with Crippen molar-refractivity contribution in [2.75, 3.05) is 12.4 Å². The molecule has 2 aromatic rings. The molecule has 0 fully saturated rings. The zero-order chi connectivity index (χ0) is 15.6. The Bertz CT molecular complexity index is 702. The highest BCUT2D eigenvalue weighted by Gasteiger charge is 2.15. The molecule has 0 unspecified atom stereocenters. The van der Waals surface area contributed by atoms with Crippen LogP contribution in [0.25, 0.3) is 0 Å². The van der Waals surface area contributed by atoms with Crippen LogP contribution in [0.5, 0.6) is 11.5 Å². The Hall–Kier alpha value is -1.91. The van der Waals surface area contributed by atoms with Crippen molar-refractivity contribution in [3.8, 4) is 11.5 Å². The van der Waals surface area contributed by atoms with E-state index in [4.69, 9.17) is 27.9 Å². The smallest absolute Gasteiger partial charge is 0.259 e. The van der Waals surface area contributed by atoms with E-state index in [0.717, 1.165) is 5.56 Å². The number of amides is 1. The second-order valence-corrected chi connectivity index (χ2v) is 5.26. The van der Waals surface area contributed by atoms with Gasteiger partial charge in [-0.1, -0.05) is 23.2 Å². The first-order valence-electron chi connectivity index (χ1n) is 6.06. The molecule has 1 amide bonds. The Morgan fingerprint density at radius 3 is 2.62 bits per heavy atom. The first-order chi connectivity index (χ1) is 9.92. The molecule has 0 radical (unpaired) electrons. The number of phenols is 1. The summed E-state index contributed by atoms with van der Waals surface area (Å²) in [6.45, 7) is 1.81. The van der Waals surface area contributed by atoms with Crippen molar-refractivity contribution in [3.05, 3.63) is 51.5 Å². The van der Waals surface area contributed by atoms with Crippen molar-refractivity contribution >= 4 is 34.8 Å². The van der Waals surface area contributed by atoms with Gasteiger partial charge in [0.1, 0.15) is 11.5 Å². The molecule has 2 aromatic carbocycles. The van der Waals surface area contributed by atoms with Gasteiger partial charge in [-0.25, -0.2) is 0 Å². The zero-order valence-electron chi connectivity index (χ0n) is 11.4. The molecule has 2 N–H and O–H groups in total. The summed E-state index contributed by atoms with van der Waals surface area (Å²) in [5, 5.41) is 13.3. The fourth-order valence-corrected chi connectivity index (χ4v) is 2.14. The van der Waals surface area contributed by atoms with Crippen molar-refractivity contribution in [1.29, 1.82) is 0 Å². The first-order valence-corrected chi connectivity index (χ1v) is 6.82. The lowest BCUT2D eigenvalue weighted by molar-refractivity contribution is 0.102. The average molecular weight is 326 g/mol. The van der Waals surface area contributed by atoms with Crippen molar-refractivity contribution in [1.82, 2.24) is 0 Å². The first kappa shape index (κ1) is 15.5. The Balaban J connectivity index is 2.35. The lowest BCUT2D eigenvalue weighted by Gasteiger charge is -2.13. The number of anilines is 1. The van der Waals surface area contributed by atoms with Crippen molar-refractivity contribution < 1.29 is 14.6 Å². The average Bonchev–Trinajstić information content (AvgIpc) is 2.45. The molecule has 0 atom stereocenters. The standard InChI is InChI=1S/C15H13Cl2NO3/c1-8-5-12(14(21-2)7-11(8)17)18-15(20)10-6-9(16)3-4-13(10)19/h3-7,19H,1-2H3,(H,18,20). The molecule has 0 aliphatic carbocycles. The van der Waals surface area contributed by atoms with Crippen LogP contribution in [0.2, 0.25) is 10.0 Å². The van der Waals surface area contributed by atoms with Gasteiger partial charge in [-0.05, 0) is 36.8 Å². The van der Waals surface area contributed by atoms with Crippen LogP contribution in [0.4, 0.5) is 5.69 Å². The normalized spacial score (nSPS) is 10.3. The van der Waals surface area contributed by atoms with E-state index < -0.39 is 5.91 Å². The summed E-state index contributed by atoms with van der Waals surface area (Å²) in [6, 6.07) is 7.56. The fourth-order valence-electron chi connectivity index (χ4n) is 1.81. The number of aromatic hydroxyl groups is 1. The highest BCUT2D eigenvalue weighted by Crippen LogP contribution is 2.32. The van der Waals surface area contributed by atoms with Gasteiger partial charge in [0, 0.05) is 16.1 Å². The third-order valence-corrected chi connectivity index (χ3v) is 3.57. The van der Waals surface area contributed by atoms with Crippen molar-refractivity contribution in [2.45, 2.75) is 6.92 Å². The van der Waals surface area contributed by atoms with Gasteiger partial charge >= 0.3 is 0 Å². The summed E-state index contributed by atoms with van der Waals surface area (Å²) in [5.41, 5.74) is 1.34. The third-order valence-electron chi connectivity index (χ3n) is 2.93. The number of ether oxygens (including phenoxy) is 1. The van der Waals surface area contributed by atoms with Crippen LogP contribution in [0.1, 0.15) is 15.9 Å². The van der Waals surface area contributed by atoms with E-state index in [9.17, 15) is 9.90 Å². The van der Waals surface area contributed by atoms with E-state index in [1.807, 2.05) is 6.92 Å². The van der Waals surface area contributed by atoms with Crippen LogP contribution in [-0.4, -0.2) is 18.1 Å². The van der Waals surface area contributed by atoms with Crippen LogP contribution in [0, 0.1) is 6.92 Å². The van der Waals surface area contributed by atoms with Crippen LogP contribution in [-0.2, 0) is 0 Å². The molecule has 0 heterocycles. The molecule has 0 saturated heterocycles. The molecule has 2 rings (SSSR count). The van der Waals surface area contributed by atoms with Crippen LogP contribution < -0.4 is 10.1 Å². The third kappa shape index (κ3) is 3.40. The molecule has 0 aromatic heterocycles. The minimum Gasteiger partial charge on any atom is -0.507 e. The van der Waals surface area contributed by atoms with Gasteiger partial charge in [0.2, 0.25) is 0 Å². The SMILES string of the molecule is COc1cc(Cl)c(C)cc1NC(=O)c1cc(Cl)ccc1O. The molecule has 21 heavy (non-hydrogen) atoms. The maximum atomic E-state index is 12.2. The van der Waals surface area contributed by atoms with Gasteiger partial charge < -0.3 is 15.2 Å². The summed E-state index contributed by atoms with van der Waals surface area (Å²) in [4.78, 5) is 12.2. The molecule has 4 nitrogen and oxygen atoms in total. The highest BCUT2D eigenvalue weighted by atomic mass is 35.5. The van der Waals surface area contributed by atoms with Crippen LogP contribution in [0.3, 0.4) is 0 Å². The van der Waals surface area contributed by atoms with E-state index in [-0.39, 0.29) is 11.3 Å². The maximum Gasteiger partial charge on any atom is 0.259 e. The number of halogens is 2. The molecule has 110 valence electrons. The Morgan fingerprint density at radius 2 is 1.95 bits per heavy atom. The molecular weight excluding hydrogens is 313 g/mol. The van der Waals surface area contributed by atoms with E-state index >= 15 is 0 Å². The summed E-state index contributed by atoms with van der Waals surface area (Å²) < 4.78 is 5.18. The zero-order valence-corrected chi connectivity index (χ0v) is 12.9.